The van der Waals surface area contributed by atoms with E-state index in [-0.39, 0.29) is 0 Å². The quantitative estimate of drug-likeness (QED) is 0.822. The lowest BCUT2D eigenvalue weighted by Crippen LogP contribution is -1.96. The number of nitrogen functional groups attached to an aromatic ring is 1. The first kappa shape index (κ1) is 9.90. The molecule has 0 bridgehead atoms. The van der Waals surface area contributed by atoms with E-state index in [1.165, 1.54) is 36.1 Å². The Hall–Kier alpha value is -1.29. The van der Waals surface area contributed by atoms with Gasteiger partial charge in [-0.3, -0.25) is 4.68 Å². The van der Waals surface area contributed by atoms with E-state index in [4.69, 9.17) is 5.73 Å². The number of nitrogens with two attached hydrogens (primary N) is 1. The number of rotatable bonds is 1. The number of hydrogen-bond acceptors (Lipinski definition) is 3. The van der Waals surface area contributed by atoms with Crippen LogP contribution in [-0.4, -0.2) is 9.78 Å². The Bertz CT molecular complexity index is 481. The number of aryl methyl sites for hydroxylation is 3. The van der Waals surface area contributed by atoms with Gasteiger partial charge in [0.15, 0.2) is 0 Å². The average molecular weight is 233 g/mol. The molecular formula is C12H15N3S. The van der Waals surface area contributed by atoms with Crippen molar-refractivity contribution < 1.29 is 0 Å². The maximum absolute atomic E-state index is 5.81. The Kier molecular flexibility index (Phi) is 2.24. The van der Waals surface area contributed by atoms with E-state index < -0.39 is 0 Å². The van der Waals surface area contributed by atoms with Gasteiger partial charge >= 0.3 is 0 Å². The van der Waals surface area contributed by atoms with Crippen molar-refractivity contribution in [2.75, 3.05) is 5.73 Å². The summed E-state index contributed by atoms with van der Waals surface area (Å²) >= 11 is 1.88. The van der Waals surface area contributed by atoms with Crippen molar-refractivity contribution in [1.82, 2.24) is 9.78 Å². The number of anilines is 1. The molecule has 3 nitrogen and oxygen atoms in total. The van der Waals surface area contributed by atoms with Gasteiger partial charge in [0.2, 0.25) is 0 Å². The van der Waals surface area contributed by atoms with Crippen LogP contribution in [0, 0.1) is 0 Å². The van der Waals surface area contributed by atoms with E-state index in [2.05, 4.69) is 11.2 Å². The molecule has 16 heavy (non-hydrogen) atoms. The summed E-state index contributed by atoms with van der Waals surface area (Å²) in [5, 5.41) is 4.43. The molecule has 0 amide bonds. The smallest absolute Gasteiger partial charge is 0.121 e. The maximum atomic E-state index is 5.81. The molecule has 0 saturated carbocycles. The van der Waals surface area contributed by atoms with Crippen LogP contribution < -0.4 is 5.73 Å². The minimum atomic E-state index is 0.723. The Morgan fingerprint density at radius 1 is 1.31 bits per heavy atom. The summed E-state index contributed by atoms with van der Waals surface area (Å²) in [6, 6.07) is 4.25. The van der Waals surface area contributed by atoms with Gasteiger partial charge in [0.25, 0.3) is 0 Å². The normalized spacial score (nSPS) is 15.1. The number of aromatic nitrogens is 2. The zero-order valence-corrected chi connectivity index (χ0v) is 10.2. The number of hydrogen-bond donors (Lipinski definition) is 1. The van der Waals surface area contributed by atoms with Gasteiger partial charge in [-0.15, -0.1) is 11.3 Å². The second-order valence-electron chi connectivity index (χ2n) is 4.34. The minimum Gasteiger partial charge on any atom is -0.384 e. The fourth-order valence-electron chi connectivity index (χ4n) is 2.22. The van der Waals surface area contributed by atoms with Gasteiger partial charge in [0, 0.05) is 18.0 Å². The molecule has 0 spiro atoms. The molecule has 3 rings (SSSR count). The predicted octanol–water partition coefficient (Wildman–Crippen LogP) is 2.61. The average Bonchev–Trinajstić information content (AvgIpc) is 2.83. The van der Waals surface area contributed by atoms with Crippen molar-refractivity contribution in [3.05, 3.63) is 22.6 Å². The fourth-order valence-corrected chi connectivity index (χ4v) is 3.43. The van der Waals surface area contributed by atoms with Gasteiger partial charge in [0.05, 0.1) is 4.88 Å². The zero-order chi connectivity index (χ0) is 11.1. The molecule has 0 unspecified atom stereocenters. The van der Waals surface area contributed by atoms with Crippen molar-refractivity contribution >= 4 is 17.2 Å². The highest BCUT2D eigenvalue weighted by molar-refractivity contribution is 7.15. The highest BCUT2D eigenvalue weighted by Gasteiger charge is 2.15. The van der Waals surface area contributed by atoms with Gasteiger partial charge in [-0.05, 0) is 37.3 Å². The number of fused-ring (bicyclic) bond motifs is 1. The van der Waals surface area contributed by atoms with Crippen molar-refractivity contribution in [3.8, 4) is 10.6 Å². The Morgan fingerprint density at radius 2 is 2.12 bits per heavy atom. The number of thiophene rings is 1. The SMILES string of the molecule is Cn1nc(-c2cc3c(s2)CCCC3)cc1N. The monoisotopic (exact) mass is 233 g/mol. The van der Waals surface area contributed by atoms with Crippen LogP contribution in [-0.2, 0) is 19.9 Å². The third-order valence-electron chi connectivity index (χ3n) is 3.17. The lowest BCUT2D eigenvalue weighted by atomic mass is 9.99. The highest BCUT2D eigenvalue weighted by Crippen LogP contribution is 2.35. The summed E-state index contributed by atoms with van der Waals surface area (Å²) in [7, 11) is 1.88. The van der Waals surface area contributed by atoms with Crippen molar-refractivity contribution in [1.29, 1.82) is 0 Å². The molecule has 0 radical (unpaired) electrons. The molecular weight excluding hydrogens is 218 g/mol. The van der Waals surface area contributed by atoms with Crippen LogP contribution in [0.2, 0.25) is 0 Å². The lowest BCUT2D eigenvalue weighted by Gasteiger charge is -2.08. The molecule has 84 valence electrons. The van der Waals surface area contributed by atoms with Gasteiger partial charge in [0.1, 0.15) is 11.5 Å². The van der Waals surface area contributed by atoms with Crippen LogP contribution in [0.25, 0.3) is 10.6 Å². The molecule has 2 aromatic heterocycles. The fraction of sp³-hybridized carbons (Fsp3) is 0.417. The molecule has 0 atom stereocenters. The summed E-state index contributed by atoms with van der Waals surface area (Å²) in [6.45, 7) is 0. The molecule has 2 N–H and O–H groups in total. The first-order valence-electron chi connectivity index (χ1n) is 5.65. The first-order valence-corrected chi connectivity index (χ1v) is 6.47. The third-order valence-corrected chi connectivity index (χ3v) is 4.42. The van der Waals surface area contributed by atoms with Gasteiger partial charge in [-0.25, -0.2) is 0 Å². The molecule has 4 heteroatoms. The number of nitrogens with zero attached hydrogens (tertiary/aromatic N) is 2. The van der Waals surface area contributed by atoms with Crippen LogP contribution in [0.4, 0.5) is 5.82 Å². The Labute approximate surface area is 98.9 Å². The minimum absolute atomic E-state index is 0.723. The molecule has 1 aliphatic carbocycles. The molecule has 1 aliphatic rings. The van der Waals surface area contributed by atoms with E-state index in [1.807, 2.05) is 24.5 Å². The zero-order valence-electron chi connectivity index (χ0n) is 9.36. The second kappa shape index (κ2) is 3.63. The largest absolute Gasteiger partial charge is 0.384 e. The second-order valence-corrected chi connectivity index (χ2v) is 5.48. The molecule has 2 aromatic rings. The molecule has 0 aliphatic heterocycles. The molecule has 2 heterocycles. The van der Waals surface area contributed by atoms with Crippen LogP contribution in [0.5, 0.6) is 0 Å². The molecule has 0 aromatic carbocycles. The van der Waals surface area contributed by atoms with Crippen molar-refractivity contribution in [2.24, 2.45) is 7.05 Å². The standard InChI is InChI=1S/C12H15N3S/c1-15-12(13)7-9(14-15)11-6-8-4-2-3-5-10(8)16-11/h6-7H,2-5,13H2,1H3. The van der Waals surface area contributed by atoms with Crippen LogP contribution in [0.15, 0.2) is 12.1 Å². The van der Waals surface area contributed by atoms with Crippen LogP contribution in [0.3, 0.4) is 0 Å². The van der Waals surface area contributed by atoms with E-state index in [0.717, 1.165) is 11.5 Å². The molecule has 0 saturated heterocycles. The van der Waals surface area contributed by atoms with Gasteiger partial charge < -0.3 is 5.73 Å². The Morgan fingerprint density at radius 3 is 2.81 bits per heavy atom. The lowest BCUT2D eigenvalue weighted by molar-refractivity contribution is 0.697. The maximum Gasteiger partial charge on any atom is 0.121 e. The van der Waals surface area contributed by atoms with E-state index >= 15 is 0 Å². The van der Waals surface area contributed by atoms with Gasteiger partial charge in [-0.1, -0.05) is 0 Å². The van der Waals surface area contributed by atoms with E-state index in [9.17, 15) is 0 Å². The summed E-state index contributed by atoms with van der Waals surface area (Å²) in [4.78, 5) is 2.81. The highest BCUT2D eigenvalue weighted by atomic mass is 32.1. The van der Waals surface area contributed by atoms with E-state index in [1.54, 1.807) is 9.56 Å². The van der Waals surface area contributed by atoms with E-state index in [0.29, 0.717) is 0 Å². The topological polar surface area (TPSA) is 43.8 Å². The summed E-state index contributed by atoms with van der Waals surface area (Å²) in [6.07, 6.45) is 5.13. The van der Waals surface area contributed by atoms with Crippen molar-refractivity contribution in [2.45, 2.75) is 25.7 Å². The predicted molar refractivity (Wildman–Crippen MR) is 67.6 cm³/mol. The first-order chi connectivity index (χ1) is 7.74. The summed E-state index contributed by atoms with van der Waals surface area (Å²) in [5.74, 6) is 0.723. The van der Waals surface area contributed by atoms with Crippen molar-refractivity contribution in [3.63, 3.8) is 0 Å². The Balaban J connectivity index is 2.03. The summed E-state index contributed by atoms with van der Waals surface area (Å²) < 4.78 is 1.73. The van der Waals surface area contributed by atoms with Crippen LogP contribution in [0.1, 0.15) is 23.3 Å². The third kappa shape index (κ3) is 1.53. The van der Waals surface area contributed by atoms with Crippen LogP contribution >= 0.6 is 11.3 Å². The molecule has 0 fully saturated rings. The van der Waals surface area contributed by atoms with Gasteiger partial charge in [-0.2, -0.15) is 5.10 Å². The summed E-state index contributed by atoms with van der Waals surface area (Å²) in [5.41, 5.74) is 8.34.